The van der Waals surface area contributed by atoms with E-state index in [2.05, 4.69) is 21.3 Å². The van der Waals surface area contributed by atoms with E-state index in [9.17, 15) is 33.6 Å². The van der Waals surface area contributed by atoms with Gasteiger partial charge in [-0.25, -0.2) is 4.79 Å². The molecule has 5 amide bonds. The highest BCUT2D eigenvalue weighted by Crippen LogP contribution is 2.39. The largest absolute Gasteiger partial charge is 0.497 e. The van der Waals surface area contributed by atoms with Crippen molar-refractivity contribution in [3.63, 3.8) is 0 Å². The molecule has 6 atom stereocenters. The van der Waals surface area contributed by atoms with Gasteiger partial charge in [0.05, 0.1) is 57.1 Å². The number of nitrogens with one attached hydrogen (secondary N) is 4. The fourth-order valence-electron chi connectivity index (χ4n) is 7.49. The lowest BCUT2D eigenvalue weighted by molar-refractivity contribution is -0.141. The Morgan fingerprint density at radius 3 is 2.02 bits per heavy atom. The van der Waals surface area contributed by atoms with Crippen molar-refractivity contribution in [2.75, 3.05) is 27.4 Å². The zero-order valence-corrected chi connectivity index (χ0v) is 34.7. The number of carbonyl (C=O) groups is 7. The van der Waals surface area contributed by atoms with Crippen molar-refractivity contribution in [3.8, 4) is 11.5 Å². The molecule has 0 heterocycles. The molecular weight excluding hydrogens is 738 g/mol. The Bertz CT molecular complexity index is 1560. The second-order valence-corrected chi connectivity index (χ2v) is 16.4. The summed E-state index contributed by atoms with van der Waals surface area (Å²) in [5, 5.41) is 10.3. The van der Waals surface area contributed by atoms with Crippen LogP contribution in [0.25, 0.3) is 0 Å². The van der Waals surface area contributed by atoms with Crippen LogP contribution in [0.4, 0.5) is 4.79 Å². The Morgan fingerprint density at radius 1 is 0.860 bits per heavy atom. The third-order valence-corrected chi connectivity index (χ3v) is 10.1. The molecule has 16 heteroatoms. The lowest BCUT2D eigenvalue weighted by Gasteiger charge is -2.32. The van der Waals surface area contributed by atoms with Crippen molar-refractivity contribution in [2.24, 2.45) is 29.4 Å². The van der Waals surface area contributed by atoms with E-state index in [1.807, 2.05) is 34.6 Å². The van der Waals surface area contributed by atoms with Gasteiger partial charge in [-0.3, -0.25) is 28.8 Å². The van der Waals surface area contributed by atoms with Gasteiger partial charge in [0, 0.05) is 12.0 Å². The van der Waals surface area contributed by atoms with E-state index in [1.165, 1.54) is 26.4 Å². The summed E-state index contributed by atoms with van der Waals surface area (Å²) >= 11 is 0. The standard InChI is InChI=1S/C41H63N5O11/c1-9-13-31(36(49)39(52)43-21-32(47)45-34(37(42)50)25-16-26(54-7)18-27(17-25)55-8)44-38(51)30-20-28(57-41(4,5)6)19-29(30)35(48)33(24-14-11-10-12-15-24)46-40(53)56-22-23(2)3/h16-18,23-24,28-31,33-34H,9-15,19-22H2,1-8H3,(H2,42,50)(H,43,52)(H,44,51)(H,45,47)(H,46,53)/t28-,29?,30+,31?,33-,34?/m0/s1. The van der Waals surface area contributed by atoms with Crippen LogP contribution in [0.2, 0.25) is 0 Å². The Labute approximate surface area is 335 Å². The van der Waals surface area contributed by atoms with Gasteiger partial charge < -0.3 is 45.9 Å². The predicted molar refractivity (Wildman–Crippen MR) is 210 cm³/mol. The minimum absolute atomic E-state index is 0.0970. The van der Waals surface area contributed by atoms with Crippen molar-refractivity contribution >= 4 is 41.3 Å². The number of carbonyl (C=O) groups excluding carboxylic acids is 7. The van der Waals surface area contributed by atoms with E-state index in [4.69, 9.17) is 24.7 Å². The van der Waals surface area contributed by atoms with Gasteiger partial charge in [-0.1, -0.05) is 46.5 Å². The number of Topliss-reactive ketones (excluding diaryl/α,β-unsaturated/α-hetero) is 2. The third kappa shape index (κ3) is 14.3. The molecule has 0 aliphatic heterocycles. The van der Waals surface area contributed by atoms with Gasteiger partial charge in [0.1, 0.15) is 17.5 Å². The summed E-state index contributed by atoms with van der Waals surface area (Å²) in [5.74, 6) is -5.78. The molecule has 0 radical (unpaired) electrons. The molecule has 2 aliphatic rings. The molecule has 1 aromatic rings. The van der Waals surface area contributed by atoms with Gasteiger partial charge in [0.15, 0.2) is 5.78 Å². The molecule has 318 valence electrons. The maximum Gasteiger partial charge on any atom is 0.407 e. The molecule has 3 rings (SSSR count). The van der Waals surface area contributed by atoms with Crippen molar-refractivity contribution in [2.45, 2.75) is 129 Å². The lowest BCUT2D eigenvalue weighted by Crippen LogP contribution is -2.53. The van der Waals surface area contributed by atoms with Crippen LogP contribution in [0.15, 0.2) is 18.2 Å². The number of nitrogens with two attached hydrogens (primary N) is 1. The van der Waals surface area contributed by atoms with Crippen LogP contribution < -0.4 is 36.5 Å². The van der Waals surface area contributed by atoms with E-state index >= 15 is 0 Å². The van der Waals surface area contributed by atoms with E-state index in [0.717, 1.165) is 32.1 Å². The number of ketones is 2. The maximum absolute atomic E-state index is 14.5. The SMILES string of the molecule is CCCC(NC(=O)[C@@H]1C[C@@H](OC(C)(C)C)CC1C(=O)[C@@H](NC(=O)OCC(C)C)C1CCCCC1)C(=O)C(=O)NCC(=O)NC(C(N)=O)c1cc(OC)cc(OC)c1. The van der Waals surface area contributed by atoms with E-state index in [-0.39, 0.29) is 49.1 Å². The van der Waals surface area contributed by atoms with Crippen LogP contribution in [0.3, 0.4) is 0 Å². The number of primary amides is 1. The Hall–Kier alpha value is -4.73. The molecule has 57 heavy (non-hydrogen) atoms. The van der Waals surface area contributed by atoms with Crippen LogP contribution >= 0.6 is 0 Å². The topological polar surface area (TPSA) is 231 Å². The zero-order valence-electron chi connectivity index (χ0n) is 34.7. The predicted octanol–water partition coefficient (Wildman–Crippen LogP) is 3.43. The second-order valence-electron chi connectivity index (χ2n) is 16.4. The molecule has 0 saturated heterocycles. The van der Waals surface area contributed by atoms with Crippen molar-refractivity contribution in [3.05, 3.63) is 23.8 Å². The number of benzene rings is 1. The fourth-order valence-corrected chi connectivity index (χ4v) is 7.49. The second kappa shape index (κ2) is 21.7. The lowest BCUT2D eigenvalue weighted by atomic mass is 9.77. The normalized spacial score (nSPS) is 20.1. The zero-order chi connectivity index (χ0) is 42.4. The quantitative estimate of drug-likeness (QED) is 0.120. The maximum atomic E-state index is 14.5. The number of methoxy groups -OCH3 is 2. The van der Waals surface area contributed by atoms with Gasteiger partial charge in [-0.15, -0.1) is 0 Å². The third-order valence-electron chi connectivity index (χ3n) is 10.1. The summed E-state index contributed by atoms with van der Waals surface area (Å²) in [7, 11) is 2.84. The molecule has 0 aromatic heterocycles. The molecule has 0 spiro atoms. The Balaban J connectivity index is 1.76. The molecular formula is C41H63N5O11. The molecule has 1 aromatic carbocycles. The summed E-state index contributed by atoms with van der Waals surface area (Å²) in [6.07, 6.45) is 4.14. The van der Waals surface area contributed by atoms with Crippen LogP contribution in [0.5, 0.6) is 11.5 Å². The summed E-state index contributed by atoms with van der Waals surface area (Å²) < 4.78 is 22.1. The molecule has 2 saturated carbocycles. The summed E-state index contributed by atoms with van der Waals surface area (Å²) in [5.41, 5.74) is 5.26. The molecule has 0 bridgehead atoms. The van der Waals surface area contributed by atoms with Crippen molar-refractivity contribution < 1.29 is 52.5 Å². The summed E-state index contributed by atoms with van der Waals surface area (Å²) in [4.78, 5) is 93.4. The summed E-state index contributed by atoms with van der Waals surface area (Å²) in [6, 6.07) is 1.11. The van der Waals surface area contributed by atoms with E-state index < -0.39 is 83.7 Å². The van der Waals surface area contributed by atoms with Gasteiger partial charge in [-0.05, 0) is 82.4 Å². The number of hydrogen-bond acceptors (Lipinski definition) is 11. The van der Waals surface area contributed by atoms with Crippen molar-refractivity contribution in [1.29, 1.82) is 0 Å². The molecule has 16 nitrogen and oxygen atoms in total. The van der Waals surface area contributed by atoms with Gasteiger partial charge >= 0.3 is 6.09 Å². The van der Waals surface area contributed by atoms with Crippen LogP contribution in [-0.2, 0) is 38.2 Å². The highest BCUT2D eigenvalue weighted by Gasteiger charge is 2.48. The minimum Gasteiger partial charge on any atom is -0.497 e. The summed E-state index contributed by atoms with van der Waals surface area (Å²) in [6.45, 7) is 10.8. The highest BCUT2D eigenvalue weighted by molar-refractivity contribution is 6.38. The fraction of sp³-hybridized carbons (Fsp3) is 0.683. The molecule has 6 N–H and O–H groups in total. The number of ether oxygens (including phenoxy) is 4. The Kier molecular flexibility index (Phi) is 17.8. The molecule has 3 unspecified atom stereocenters. The van der Waals surface area contributed by atoms with Gasteiger partial charge in [-0.2, -0.15) is 0 Å². The first-order valence-corrected chi connectivity index (χ1v) is 20.0. The van der Waals surface area contributed by atoms with Gasteiger partial charge in [0.25, 0.3) is 5.91 Å². The molecule has 2 aliphatic carbocycles. The minimum atomic E-state index is -1.31. The van der Waals surface area contributed by atoms with E-state index in [0.29, 0.717) is 17.9 Å². The van der Waals surface area contributed by atoms with Crippen LogP contribution in [-0.4, -0.2) is 92.4 Å². The first-order chi connectivity index (χ1) is 26.9. The van der Waals surface area contributed by atoms with Crippen molar-refractivity contribution in [1.82, 2.24) is 21.3 Å². The first kappa shape index (κ1) is 46.7. The first-order valence-electron chi connectivity index (χ1n) is 20.0. The smallest absolute Gasteiger partial charge is 0.407 e. The number of amides is 5. The van der Waals surface area contributed by atoms with Crippen LogP contribution in [0.1, 0.15) is 111 Å². The van der Waals surface area contributed by atoms with Crippen LogP contribution in [0, 0.1) is 23.7 Å². The average Bonchev–Trinajstić information content (AvgIpc) is 3.58. The number of hydrogen-bond donors (Lipinski definition) is 5. The molecule has 2 fully saturated rings. The monoisotopic (exact) mass is 801 g/mol. The number of rotatable bonds is 20. The highest BCUT2D eigenvalue weighted by atomic mass is 16.5. The average molecular weight is 802 g/mol. The van der Waals surface area contributed by atoms with Gasteiger partial charge in [0.2, 0.25) is 23.5 Å². The Morgan fingerprint density at radius 2 is 1.47 bits per heavy atom. The number of alkyl carbamates (subject to hydrolysis) is 1. The van der Waals surface area contributed by atoms with E-state index in [1.54, 1.807) is 13.0 Å².